The zero-order chi connectivity index (χ0) is 9.90. The van der Waals surface area contributed by atoms with E-state index < -0.39 is 5.60 Å². The van der Waals surface area contributed by atoms with Gasteiger partial charge in [0.25, 0.3) is 0 Å². The number of aliphatic hydroxyl groups is 1. The predicted molar refractivity (Wildman–Crippen MR) is 51.1 cm³/mol. The maximum absolute atomic E-state index is 10.3. The van der Waals surface area contributed by atoms with Crippen LogP contribution in [0, 0.1) is 5.92 Å². The van der Waals surface area contributed by atoms with Gasteiger partial charge >= 0.3 is 0 Å². The van der Waals surface area contributed by atoms with Crippen LogP contribution in [0.25, 0.3) is 0 Å². The molecule has 0 aromatic carbocycles. The highest BCUT2D eigenvalue weighted by Gasteiger charge is 2.32. The largest absolute Gasteiger partial charge is 0.383 e. The maximum Gasteiger partial charge on any atom is 0.110 e. The van der Waals surface area contributed by atoms with E-state index in [1.165, 1.54) is 0 Å². The van der Waals surface area contributed by atoms with Gasteiger partial charge in [-0.1, -0.05) is 20.8 Å². The highest BCUT2D eigenvalue weighted by atomic mass is 16.3. The van der Waals surface area contributed by atoms with E-state index in [0.29, 0.717) is 12.1 Å². The molecule has 1 unspecified atom stereocenters. The fraction of sp³-hybridized carbons (Fsp3) is 0.600. The summed E-state index contributed by atoms with van der Waals surface area (Å²) in [7, 11) is 0. The third-order valence-electron chi connectivity index (χ3n) is 2.50. The Bertz CT molecular complexity index is 261. The Labute approximate surface area is 78.9 Å². The molecule has 1 heterocycles. The van der Waals surface area contributed by atoms with Gasteiger partial charge < -0.3 is 5.11 Å². The number of nitrogens with zero attached hydrogens (tertiary/aromatic N) is 2. The van der Waals surface area contributed by atoms with Crippen LogP contribution >= 0.6 is 0 Å². The molecule has 0 aliphatic carbocycles. The first-order valence-corrected chi connectivity index (χ1v) is 4.60. The minimum absolute atomic E-state index is 0.147. The van der Waals surface area contributed by atoms with Crippen molar-refractivity contribution in [1.82, 2.24) is 9.97 Å². The van der Waals surface area contributed by atoms with Gasteiger partial charge in [0.2, 0.25) is 0 Å². The lowest BCUT2D eigenvalue weighted by Gasteiger charge is -2.29. The van der Waals surface area contributed by atoms with Gasteiger partial charge in [0.1, 0.15) is 5.60 Å². The molecular formula is C10H16N2O. The van der Waals surface area contributed by atoms with Crippen LogP contribution in [0.5, 0.6) is 0 Å². The molecule has 0 radical (unpaired) electrons. The van der Waals surface area contributed by atoms with Crippen LogP contribution in [0.15, 0.2) is 18.6 Å². The van der Waals surface area contributed by atoms with Crippen LogP contribution in [0.2, 0.25) is 0 Å². The van der Waals surface area contributed by atoms with Crippen molar-refractivity contribution in [3.63, 3.8) is 0 Å². The number of aromatic nitrogens is 2. The SMILES string of the molecule is CCC(O)(c1cnccn1)C(C)C. The van der Waals surface area contributed by atoms with E-state index in [1.54, 1.807) is 18.6 Å². The Hall–Kier alpha value is -0.960. The van der Waals surface area contributed by atoms with Gasteiger partial charge in [0, 0.05) is 12.4 Å². The zero-order valence-corrected chi connectivity index (χ0v) is 8.36. The summed E-state index contributed by atoms with van der Waals surface area (Å²) >= 11 is 0. The van der Waals surface area contributed by atoms with Gasteiger partial charge in [-0.25, -0.2) is 0 Å². The van der Waals surface area contributed by atoms with Crippen molar-refractivity contribution in [3.8, 4) is 0 Å². The fourth-order valence-corrected chi connectivity index (χ4v) is 1.41. The summed E-state index contributed by atoms with van der Waals surface area (Å²) < 4.78 is 0. The molecule has 1 atom stereocenters. The Morgan fingerprint density at radius 3 is 2.54 bits per heavy atom. The van der Waals surface area contributed by atoms with Gasteiger partial charge in [-0.05, 0) is 12.3 Å². The molecule has 13 heavy (non-hydrogen) atoms. The molecule has 3 heteroatoms. The average molecular weight is 180 g/mol. The smallest absolute Gasteiger partial charge is 0.110 e. The Kier molecular flexibility index (Phi) is 2.98. The second kappa shape index (κ2) is 3.83. The van der Waals surface area contributed by atoms with E-state index in [0.717, 1.165) is 0 Å². The van der Waals surface area contributed by atoms with Crippen LogP contribution in [-0.2, 0) is 5.60 Å². The number of hydrogen-bond donors (Lipinski definition) is 1. The van der Waals surface area contributed by atoms with E-state index in [9.17, 15) is 5.11 Å². The van der Waals surface area contributed by atoms with E-state index in [-0.39, 0.29) is 5.92 Å². The lowest BCUT2D eigenvalue weighted by molar-refractivity contribution is -0.0183. The van der Waals surface area contributed by atoms with Crippen LogP contribution in [0.4, 0.5) is 0 Å². The minimum atomic E-state index is -0.839. The van der Waals surface area contributed by atoms with Crippen molar-refractivity contribution < 1.29 is 5.11 Å². The summed E-state index contributed by atoms with van der Waals surface area (Å²) in [5.41, 5.74) is -0.179. The molecule has 0 amide bonds. The second-order valence-electron chi connectivity index (χ2n) is 3.52. The van der Waals surface area contributed by atoms with Crippen molar-refractivity contribution in [2.75, 3.05) is 0 Å². The van der Waals surface area contributed by atoms with Crippen LogP contribution in [0.1, 0.15) is 32.9 Å². The molecule has 72 valence electrons. The van der Waals surface area contributed by atoms with E-state index in [1.807, 2.05) is 20.8 Å². The lowest BCUT2D eigenvalue weighted by atomic mass is 9.85. The molecule has 1 rings (SSSR count). The molecule has 1 aromatic rings. The summed E-state index contributed by atoms with van der Waals surface area (Å²) in [5, 5.41) is 10.3. The molecule has 1 N–H and O–H groups in total. The first kappa shape index (κ1) is 10.1. The topological polar surface area (TPSA) is 46.0 Å². The first-order valence-electron chi connectivity index (χ1n) is 4.60. The van der Waals surface area contributed by atoms with Crippen molar-refractivity contribution >= 4 is 0 Å². The monoisotopic (exact) mass is 180 g/mol. The molecule has 0 aliphatic heterocycles. The quantitative estimate of drug-likeness (QED) is 0.770. The average Bonchev–Trinajstić information content (AvgIpc) is 2.17. The Morgan fingerprint density at radius 1 is 1.46 bits per heavy atom. The molecule has 1 aromatic heterocycles. The first-order chi connectivity index (χ1) is 6.11. The molecule has 0 spiro atoms. The molecule has 0 saturated heterocycles. The molecule has 0 saturated carbocycles. The Balaban J connectivity index is 3.03. The van der Waals surface area contributed by atoms with E-state index >= 15 is 0 Å². The standard InChI is InChI=1S/C10H16N2O/c1-4-10(13,8(2)3)9-7-11-5-6-12-9/h5-8,13H,4H2,1-3H3. The minimum Gasteiger partial charge on any atom is -0.383 e. The second-order valence-corrected chi connectivity index (χ2v) is 3.52. The molecule has 0 fully saturated rings. The fourth-order valence-electron chi connectivity index (χ4n) is 1.41. The van der Waals surface area contributed by atoms with Crippen molar-refractivity contribution in [2.24, 2.45) is 5.92 Å². The van der Waals surface area contributed by atoms with Gasteiger partial charge in [-0.2, -0.15) is 0 Å². The van der Waals surface area contributed by atoms with Crippen LogP contribution in [-0.4, -0.2) is 15.1 Å². The predicted octanol–water partition coefficient (Wildman–Crippen LogP) is 1.73. The van der Waals surface area contributed by atoms with Crippen LogP contribution < -0.4 is 0 Å². The van der Waals surface area contributed by atoms with Crippen molar-refractivity contribution in [3.05, 3.63) is 24.3 Å². The molecule has 0 bridgehead atoms. The van der Waals surface area contributed by atoms with E-state index in [2.05, 4.69) is 9.97 Å². The highest BCUT2D eigenvalue weighted by Crippen LogP contribution is 2.30. The van der Waals surface area contributed by atoms with Crippen molar-refractivity contribution in [1.29, 1.82) is 0 Å². The maximum atomic E-state index is 10.3. The summed E-state index contributed by atoms with van der Waals surface area (Å²) in [6, 6.07) is 0. The van der Waals surface area contributed by atoms with Crippen molar-refractivity contribution in [2.45, 2.75) is 32.8 Å². The third-order valence-corrected chi connectivity index (χ3v) is 2.50. The zero-order valence-electron chi connectivity index (χ0n) is 8.36. The van der Waals surface area contributed by atoms with Gasteiger partial charge in [0.05, 0.1) is 11.9 Å². The molecule has 0 aliphatic rings. The lowest BCUT2D eigenvalue weighted by Crippen LogP contribution is -2.32. The van der Waals surface area contributed by atoms with Crippen LogP contribution in [0.3, 0.4) is 0 Å². The van der Waals surface area contributed by atoms with Gasteiger partial charge in [-0.15, -0.1) is 0 Å². The third kappa shape index (κ3) is 1.86. The van der Waals surface area contributed by atoms with Gasteiger partial charge in [0.15, 0.2) is 0 Å². The Morgan fingerprint density at radius 2 is 2.15 bits per heavy atom. The summed E-state index contributed by atoms with van der Waals surface area (Å²) in [6.07, 6.45) is 5.51. The summed E-state index contributed by atoms with van der Waals surface area (Å²) in [4.78, 5) is 8.09. The van der Waals surface area contributed by atoms with Gasteiger partial charge in [-0.3, -0.25) is 9.97 Å². The molecular weight excluding hydrogens is 164 g/mol. The summed E-state index contributed by atoms with van der Waals surface area (Å²) in [5.74, 6) is 0.147. The molecule has 3 nitrogen and oxygen atoms in total. The highest BCUT2D eigenvalue weighted by molar-refractivity contribution is 5.08. The summed E-state index contributed by atoms with van der Waals surface area (Å²) in [6.45, 7) is 5.92. The normalized spacial score (nSPS) is 15.8. The number of rotatable bonds is 3. The van der Waals surface area contributed by atoms with E-state index in [4.69, 9.17) is 0 Å². The number of hydrogen-bond acceptors (Lipinski definition) is 3.